The number of carboxylic acid groups (broad SMARTS) is 1. The normalized spacial score (nSPS) is 13.0. The molecule has 0 saturated heterocycles. The molecule has 5 rings (SSSR count). The largest absolute Gasteiger partial charge is 0.465 e. The maximum Gasteiger partial charge on any atom is 0.404 e. The van der Waals surface area contributed by atoms with Crippen molar-refractivity contribution in [2.24, 2.45) is 0 Å². The fraction of sp³-hybridized carbons (Fsp3) is 0.240. The van der Waals surface area contributed by atoms with E-state index in [1.807, 2.05) is 53.1 Å². The molecule has 0 bridgehead atoms. The number of benzene rings is 2. The highest BCUT2D eigenvalue weighted by molar-refractivity contribution is 5.83. The first-order chi connectivity index (χ1) is 15.7. The van der Waals surface area contributed by atoms with Gasteiger partial charge in [0.15, 0.2) is 0 Å². The zero-order valence-electron chi connectivity index (χ0n) is 17.7. The number of aryl methyl sites for hydroxylation is 1. The van der Waals surface area contributed by atoms with E-state index in [0.29, 0.717) is 12.5 Å². The van der Waals surface area contributed by atoms with Crippen LogP contribution in [0.5, 0.6) is 0 Å². The van der Waals surface area contributed by atoms with Gasteiger partial charge >= 0.3 is 6.09 Å². The molecule has 0 fully saturated rings. The van der Waals surface area contributed by atoms with Crippen LogP contribution in [0.25, 0.3) is 16.9 Å². The van der Waals surface area contributed by atoms with Gasteiger partial charge in [-0.05, 0) is 43.4 Å². The molecule has 0 unspecified atom stereocenters. The summed E-state index contributed by atoms with van der Waals surface area (Å²) < 4.78 is 1.97. The third-order valence-electron chi connectivity index (χ3n) is 5.88. The number of nitrogens with one attached hydrogen (secondary N) is 2. The van der Waals surface area contributed by atoms with E-state index in [1.165, 1.54) is 11.1 Å². The molecule has 1 aliphatic rings. The van der Waals surface area contributed by atoms with Crippen molar-refractivity contribution < 1.29 is 9.90 Å². The molecule has 162 valence electrons. The predicted octanol–water partition coefficient (Wildman–Crippen LogP) is 4.68. The standard InChI is InChI=1S/C25H25N5O2/c31-25(32)27-16-19-14-18-10-4-7-13-22(18)30(19)24-28-21-12-6-5-11-20(21)23(29-24)26-15-17-8-2-1-3-9-17/h1-4,7-10,13-14,27H,5-6,11-12,15-16H2,(H,31,32)(H,26,28,29). The fourth-order valence-electron chi connectivity index (χ4n) is 4.35. The molecule has 2 aromatic carbocycles. The van der Waals surface area contributed by atoms with Gasteiger partial charge in [-0.3, -0.25) is 4.57 Å². The molecule has 0 radical (unpaired) electrons. The highest BCUT2D eigenvalue weighted by Gasteiger charge is 2.21. The van der Waals surface area contributed by atoms with E-state index in [2.05, 4.69) is 22.8 Å². The Morgan fingerprint density at radius 2 is 1.75 bits per heavy atom. The van der Waals surface area contributed by atoms with Crippen molar-refractivity contribution in [1.29, 1.82) is 0 Å². The Morgan fingerprint density at radius 1 is 0.969 bits per heavy atom. The van der Waals surface area contributed by atoms with Gasteiger partial charge in [-0.15, -0.1) is 0 Å². The Labute approximate surface area is 186 Å². The van der Waals surface area contributed by atoms with Crippen LogP contribution in [0.2, 0.25) is 0 Å². The van der Waals surface area contributed by atoms with Gasteiger partial charge < -0.3 is 15.7 Å². The summed E-state index contributed by atoms with van der Waals surface area (Å²) in [6, 6.07) is 20.2. The third-order valence-corrected chi connectivity index (χ3v) is 5.88. The van der Waals surface area contributed by atoms with Gasteiger partial charge in [0.25, 0.3) is 0 Å². The third kappa shape index (κ3) is 4.01. The maximum atomic E-state index is 11.1. The van der Waals surface area contributed by atoms with Crippen molar-refractivity contribution in [2.75, 3.05) is 5.32 Å². The SMILES string of the molecule is O=C(O)NCc1cc2ccccc2n1-c1nc2c(c(NCc3ccccc3)n1)CCCC2. The van der Waals surface area contributed by atoms with Crippen LogP contribution in [0.15, 0.2) is 60.7 Å². The number of aromatic nitrogens is 3. The van der Waals surface area contributed by atoms with Gasteiger partial charge in [-0.25, -0.2) is 9.78 Å². The number of hydrogen-bond donors (Lipinski definition) is 3. The summed E-state index contributed by atoms with van der Waals surface area (Å²) >= 11 is 0. The lowest BCUT2D eigenvalue weighted by molar-refractivity contribution is 0.193. The summed E-state index contributed by atoms with van der Waals surface area (Å²) in [5.74, 6) is 1.44. The number of fused-ring (bicyclic) bond motifs is 2. The van der Waals surface area contributed by atoms with Gasteiger partial charge in [0.1, 0.15) is 5.82 Å². The molecule has 0 saturated carbocycles. The quantitative estimate of drug-likeness (QED) is 0.416. The molecule has 0 aliphatic heterocycles. The van der Waals surface area contributed by atoms with E-state index in [1.54, 1.807) is 0 Å². The monoisotopic (exact) mass is 427 g/mol. The molecule has 2 aromatic heterocycles. The molecule has 4 aromatic rings. The van der Waals surface area contributed by atoms with E-state index < -0.39 is 6.09 Å². The Bertz CT molecular complexity index is 1270. The van der Waals surface area contributed by atoms with Crippen molar-refractivity contribution in [1.82, 2.24) is 19.9 Å². The molecule has 3 N–H and O–H groups in total. The molecule has 0 spiro atoms. The second kappa shape index (κ2) is 8.70. The van der Waals surface area contributed by atoms with Crippen LogP contribution in [0.1, 0.15) is 35.4 Å². The second-order valence-corrected chi connectivity index (χ2v) is 8.03. The Kier molecular flexibility index (Phi) is 5.46. The topological polar surface area (TPSA) is 92.1 Å². The van der Waals surface area contributed by atoms with Crippen LogP contribution in [0.4, 0.5) is 10.6 Å². The van der Waals surface area contributed by atoms with Crippen LogP contribution in [0, 0.1) is 0 Å². The number of para-hydroxylation sites is 1. The van der Waals surface area contributed by atoms with Gasteiger partial charge in [0.2, 0.25) is 5.95 Å². The van der Waals surface area contributed by atoms with E-state index in [0.717, 1.165) is 53.8 Å². The molecular weight excluding hydrogens is 402 g/mol. The van der Waals surface area contributed by atoms with E-state index in [9.17, 15) is 4.79 Å². The Balaban J connectivity index is 1.59. The van der Waals surface area contributed by atoms with E-state index in [-0.39, 0.29) is 6.54 Å². The number of nitrogens with zero attached hydrogens (tertiary/aromatic N) is 3. The number of hydrogen-bond acceptors (Lipinski definition) is 4. The van der Waals surface area contributed by atoms with Crippen molar-refractivity contribution in [3.8, 4) is 5.95 Å². The highest BCUT2D eigenvalue weighted by Crippen LogP contribution is 2.29. The molecule has 1 amide bonds. The smallest absolute Gasteiger partial charge is 0.404 e. The maximum absolute atomic E-state index is 11.1. The first kappa shape index (κ1) is 20.1. The number of amides is 1. The van der Waals surface area contributed by atoms with Crippen molar-refractivity contribution in [3.63, 3.8) is 0 Å². The summed E-state index contributed by atoms with van der Waals surface area (Å²) in [4.78, 5) is 21.0. The average Bonchev–Trinajstić information content (AvgIpc) is 3.20. The van der Waals surface area contributed by atoms with Crippen LogP contribution in [0.3, 0.4) is 0 Å². The van der Waals surface area contributed by atoms with Gasteiger partial charge in [0, 0.05) is 23.2 Å². The van der Waals surface area contributed by atoms with Gasteiger partial charge in [-0.1, -0.05) is 48.5 Å². The minimum absolute atomic E-state index is 0.178. The lowest BCUT2D eigenvalue weighted by Crippen LogP contribution is -2.22. The summed E-state index contributed by atoms with van der Waals surface area (Å²) in [7, 11) is 0. The van der Waals surface area contributed by atoms with Crippen LogP contribution >= 0.6 is 0 Å². The molecule has 2 heterocycles. The Morgan fingerprint density at radius 3 is 2.59 bits per heavy atom. The molecule has 1 aliphatic carbocycles. The minimum Gasteiger partial charge on any atom is -0.465 e. The van der Waals surface area contributed by atoms with Crippen LogP contribution in [-0.4, -0.2) is 25.7 Å². The lowest BCUT2D eigenvalue weighted by atomic mass is 9.96. The van der Waals surface area contributed by atoms with Crippen molar-refractivity contribution >= 4 is 22.8 Å². The lowest BCUT2D eigenvalue weighted by Gasteiger charge is -2.21. The molecule has 7 nitrogen and oxygen atoms in total. The fourth-order valence-corrected chi connectivity index (χ4v) is 4.35. The molecule has 32 heavy (non-hydrogen) atoms. The molecule has 0 atom stereocenters. The zero-order chi connectivity index (χ0) is 21.9. The summed E-state index contributed by atoms with van der Waals surface area (Å²) in [6.07, 6.45) is 3.08. The first-order valence-electron chi connectivity index (χ1n) is 10.9. The highest BCUT2D eigenvalue weighted by atomic mass is 16.4. The number of rotatable bonds is 6. The van der Waals surface area contributed by atoms with Crippen molar-refractivity contribution in [3.05, 3.63) is 83.2 Å². The van der Waals surface area contributed by atoms with Gasteiger partial charge in [-0.2, -0.15) is 4.98 Å². The molecular formula is C25H25N5O2. The minimum atomic E-state index is -1.06. The van der Waals surface area contributed by atoms with E-state index >= 15 is 0 Å². The molecule has 7 heteroatoms. The summed E-state index contributed by atoms with van der Waals surface area (Å²) in [5.41, 5.74) is 5.22. The predicted molar refractivity (Wildman–Crippen MR) is 124 cm³/mol. The van der Waals surface area contributed by atoms with Crippen LogP contribution < -0.4 is 10.6 Å². The van der Waals surface area contributed by atoms with Crippen LogP contribution in [-0.2, 0) is 25.9 Å². The second-order valence-electron chi connectivity index (χ2n) is 8.03. The van der Waals surface area contributed by atoms with Gasteiger partial charge in [0.05, 0.1) is 17.8 Å². The zero-order valence-corrected chi connectivity index (χ0v) is 17.7. The Hall–Kier alpha value is -3.87. The van der Waals surface area contributed by atoms with E-state index in [4.69, 9.17) is 15.1 Å². The number of anilines is 1. The first-order valence-corrected chi connectivity index (χ1v) is 10.9. The van der Waals surface area contributed by atoms with Crippen molar-refractivity contribution in [2.45, 2.75) is 38.8 Å². The average molecular weight is 428 g/mol. The summed E-state index contributed by atoms with van der Waals surface area (Å²) in [5, 5.41) is 16.2. The number of carbonyl (C=O) groups is 1. The summed E-state index contributed by atoms with van der Waals surface area (Å²) in [6.45, 7) is 0.862.